The van der Waals surface area contributed by atoms with Gasteiger partial charge in [-0.15, -0.1) is 0 Å². The van der Waals surface area contributed by atoms with Crippen LogP contribution >= 0.6 is 0 Å². The highest BCUT2D eigenvalue weighted by molar-refractivity contribution is 7.89. The molecule has 6 heteroatoms. The number of nitrogens with zero attached hydrogens (tertiary/aromatic N) is 1. The second kappa shape index (κ2) is 6.44. The van der Waals surface area contributed by atoms with Crippen LogP contribution in [0.1, 0.15) is 30.9 Å². The second-order valence-electron chi connectivity index (χ2n) is 5.90. The Bertz CT molecular complexity index is 597. The van der Waals surface area contributed by atoms with E-state index in [4.69, 9.17) is 5.73 Å². The zero-order chi connectivity index (χ0) is 15.6. The van der Waals surface area contributed by atoms with Gasteiger partial charge in [0.2, 0.25) is 10.0 Å². The molecule has 0 amide bonds. The van der Waals surface area contributed by atoms with Gasteiger partial charge in [0.25, 0.3) is 0 Å². The lowest BCUT2D eigenvalue weighted by molar-refractivity contribution is 0.248. The van der Waals surface area contributed by atoms with E-state index in [-0.39, 0.29) is 6.04 Å². The van der Waals surface area contributed by atoms with E-state index in [1.807, 2.05) is 13.0 Å². The van der Waals surface area contributed by atoms with E-state index in [1.165, 1.54) is 12.8 Å². The molecule has 0 bridgehead atoms. The lowest BCUT2D eigenvalue weighted by atomic mass is 10.1. The Labute approximate surface area is 127 Å². The van der Waals surface area contributed by atoms with Gasteiger partial charge in [-0.3, -0.25) is 4.90 Å². The van der Waals surface area contributed by atoms with Crippen LogP contribution in [0.5, 0.6) is 0 Å². The third kappa shape index (κ3) is 4.03. The SMILES string of the molecule is Cc1cc(CN)ccc1S(=O)(=O)NCC(C)N(C)C1CC1. The van der Waals surface area contributed by atoms with Crippen LogP contribution in [0.3, 0.4) is 0 Å². The van der Waals surface area contributed by atoms with Crippen molar-refractivity contribution in [2.45, 2.75) is 50.2 Å². The molecule has 21 heavy (non-hydrogen) atoms. The number of aryl methyl sites for hydroxylation is 1. The summed E-state index contributed by atoms with van der Waals surface area (Å²) in [4.78, 5) is 2.58. The fraction of sp³-hybridized carbons (Fsp3) is 0.600. The molecule has 1 aromatic carbocycles. The van der Waals surface area contributed by atoms with Crippen LogP contribution in [0.25, 0.3) is 0 Å². The first-order chi connectivity index (χ1) is 9.85. The molecule has 0 aliphatic heterocycles. The quantitative estimate of drug-likeness (QED) is 0.794. The average Bonchev–Trinajstić information content (AvgIpc) is 3.28. The molecule has 1 fully saturated rings. The second-order valence-corrected chi connectivity index (χ2v) is 7.64. The van der Waals surface area contributed by atoms with E-state index in [0.29, 0.717) is 24.0 Å². The minimum Gasteiger partial charge on any atom is -0.326 e. The predicted molar refractivity (Wildman–Crippen MR) is 84.5 cm³/mol. The van der Waals surface area contributed by atoms with Crippen LogP contribution in [-0.2, 0) is 16.6 Å². The highest BCUT2D eigenvalue weighted by Gasteiger charge is 2.29. The lowest BCUT2D eigenvalue weighted by Gasteiger charge is -2.24. The fourth-order valence-corrected chi connectivity index (χ4v) is 3.78. The molecule has 1 atom stereocenters. The highest BCUT2D eigenvalue weighted by atomic mass is 32.2. The minimum atomic E-state index is -3.47. The van der Waals surface area contributed by atoms with Crippen LogP contribution in [0, 0.1) is 6.92 Å². The van der Waals surface area contributed by atoms with E-state index >= 15 is 0 Å². The van der Waals surface area contributed by atoms with Gasteiger partial charge in [0, 0.05) is 25.2 Å². The molecule has 0 aromatic heterocycles. The Morgan fingerprint density at radius 3 is 2.62 bits per heavy atom. The van der Waals surface area contributed by atoms with Crippen molar-refractivity contribution in [3.63, 3.8) is 0 Å². The monoisotopic (exact) mass is 311 g/mol. The van der Waals surface area contributed by atoms with Crippen molar-refractivity contribution in [3.05, 3.63) is 29.3 Å². The van der Waals surface area contributed by atoms with E-state index in [2.05, 4.69) is 16.7 Å². The van der Waals surface area contributed by atoms with Crippen LogP contribution in [0.2, 0.25) is 0 Å². The molecule has 0 heterocycles. The molecule has 1 aliphatic carbocycles. The lowest BCUT2D eigenvalue weighted by Crippen LogP contribution is -2.41. The van der Waals surface area contributed by atoms with Crippen LogP contribution in [0.15, 0.2) is 23.1 Å². The summed E-state index contributed by atoms with van der Waals surface area (Å²) in [6.45, 7) is 4.68. The van der Waals surface area contributed by atoms with Crippen molar-refractivity contribution in [2.24, 2.45) is 5.73 Å². The Balaban J connectivity index is 2.04. The van der Waals surface area contributed by atoms with Crippen molar-refractivity contribution in [2.75, 3.05) is 13.6 Å². The summed E-state index contributed by atoms with van der Waals surface area (Å²) < 4.78 is 27.5. The molecule has 1 unspecified atom stereocenters. The Morgan fingerprint density at radius 2 is 2.10 bits per heavy atom. The van der Waals surface area contributed by atoms with Gasteiger partial charge in [-0.05, 0) is 50.9 Å². The van der Waals surface area contributed by atoms with Gasteiger partial charge in [0.1, 0.15) is 0 Å². The van der Waals surface area contributed by atoms with Crippen molar-refractivity contribution >= 4 is 10.0 Å². The largest absolute Gasteiger partial charge is 0.326 e. The van der Waals surface area contributed by atoms with Crippen LogP contribution < -0.4 is 10.5 Å². The Kier molecular flexibility index (Phi) is 5.03. The van der Waals surface area contributed by atoms with Gasteiger partial charge >= 0.3 is 0 Å². The smallest absolute Gasteiger partial charge is 0.240 e. The number of sulfonamides is 1. The molecule has 1 aromatic rings. The summed E-state index contributed by atoms with van der Waals surface area (Å²) >= 11 is 0. The maximum atomic E-state index is 12.4. The van der Waals surface area contributed by atoms with Crippen LogP contribution in [0.4, 0.5) is 0 Å². The highest BCUT2D eigenvalue weighted by Crippen LogP contribution is 2.26. The number of hydrogen-bond donors (Lipinski definition) is 2. The van der Waals surface area contributed by atoms with Gasteiger partial charge in [-0.25, -0.2) is 13.1 Å². The number of likely N-dealkylation sites (N-methyl/N-ethyl adjacent to an activating group) is 1. The average molecular weight is 311 g/mol. The number of rotatable bonds is 7. The van der Waals surface area contributed by atoms with Crippen LogP contribution in [-0.4, -0.2) is 39.0 Å². The van der Waals surface area contributed by atoms with Crippen molar-refractivity contribution in [1.82, 2.24) is 9.62 Å². The molecule has 2 rings (SSSR count). The molecule has 5 nitrogen and oxygen atoms in total. The Morgan fingerprint density at radius 1 is 1.43 bits per heavy atom. The van der Waals surface area contributed by atoms with Gasteiger partial charge in [0.05, 0.1) is 4.90 Å². The zero-order valence-electron chi connectivity index (χ0n) is 13.0. The number of benzene rings is 1. The Hall–Kier alpha value is -0.950. The number of nitrogens with one attached hydrogen (secondary N) is 1. The topological polar surface area (TPSA) is 75.4 Å². The molecule has 0 saturated heterocycles. The minimum absolute atomic E-state index is 0.191. The van der Waals surface area contributed by atoms with Gasteiger partial charge in [-0.2, -0.15) is 0 Å². The molecule has 3 N–H and O–H groups in total. The van der Waals surface area contributed by atoms with Gasteiger partial charge in [0.15, 0.2) is 0 Å². The molecule has 1 aliphatic rings. The van der Waals surface area contributed by atoms with Gasteiger partial charge < -0.3 is 5.73 Å². The summed E-state index contributed by atoms with van der Waals surface area (Å²) in [6.07, 6.45) is 2.43. The first-order valence-electron chi connectivity index (χ1n) is 7.36. The molecular weight excluding hydrogens is 286 g/mol. The standard InChI is InChI=1S/C15H25N3O2S/c1-11-8-13(9-16)4-7-15(11)21(19,20)17-10-12(2)18(3)14-5-6-14/h4,7-8,12,14,17H,5-6,9-10,16H2,1-3H3. The molecular formula is C15H25N3O2S. The van der Waals surface area contributed by atoms with E-state index < -0.39 is 10.0 Å². The number of nitrogens with two attached hydrogens (primary N) is 1. The van der Waals surface area contributed by atoms with Crippen molar-refractivity contribution in [3.8, 4) is 0 Å². The van der Waals surface area contributed by atoms with Gasteiger partial charge in [-0.1, -0.05) is 12.1 Å². The fourth-order valence-electron chi connectivity index (χ4n) is 2.43. The van der Waals surface area contributed by atoms with E-state index in [0.717, 1.165) is 11.1 Å². The molecule has 1 saturated carbocycles. The van der Waals surface area contributed by atoms with E-state index in [9.17, 15) is 8.42 Å². The number of hydrogen-bond acceptors (Lipinski definition) is 4. The van der Waals surface area contributed by atoms with Crippen molar-refractivity contribution in [1.29, 1.82) is 0 Å². The molecule has 0 radical (unpaired) electrons. The normalized spacial score (nSPS) is 17.2. The third-order valence-electron chi connectivity index (χ3n) is 4.15. The van der Waals surface area contributed by atoms with Crippen molar-refractivity contribution < 1.29 is 8.42 Å². The first kappa shape index (κ1) is 16.4. The molecule has 118 valence electrons. The summed E-state index contributed by atoms with van der Waals surface area (Å²) in [7, 11) is -1.41. The maximum absolute atomic E-state index is 12.4. The summed E-state index contributed by atoms with van der Waals surface area (Å²) in [5, 5.41) is 0. The zero-order valence-corrected chi connectivity index (χ0v) is 13.8. The predicted octanol–water partition coefficient (Wildman–Crippen LogP) is 1.21. The molecule has 0 spiro atoms. The third-order valence-corrected chi connectivity index (χ3v) is 5.74. The maximum Gasteiger partial charge on any atom is 0.240 e. The summed E-state index contributed by atoms with van der Waals surface area (Å²) in [6, 6.07) is 6.04. The van der Waals surface area contributed by atoms with E-state index in [1.54, 1.807) is 19.1 Å². The summed E-state index contributed by atoms with van der Waals surface area (Å²) in [5.41, 5.74) is 7.24. The first-order valence-corrected chi connectivity index (χ1v) is 8.84. The summed E-state index contributed by atoms with van der Waals surface area (Å²) in [5.74, 6) is 0.